The smallest absolute Gasteiger partial charge is 0.126 e. The number of aryl methyl sites for hydroxylation is 1. The van der Waals surface area contributed by atoms with Crippen molar-refractivity contribution >= 4 is 0 Å². The predicted molar refractivity (Wildman–Crippen MR) is 84.3 cm³/mol. The fourth-order valence-corrected chi connectivity index (χ4v) is 2.39. The third-order valence-corrected chi connectivity index (χ3v) is 3.92. The van der Waals surface area contributed by atoms with Gasteiger partial charge in [0.1, 0.15) is 5.82 Å². The quantitative estimate of drug-likeness (QED) is 0.821. The van der Waals surface area contributed by atoms with Crippen LogP contribution in [0.25, 0.3) is 0 Å². The van der Waals surface area contributed by atoms with Crippen molar-refractivity contribution in [1.29, 1.82) is 0 Å². The van der Waals surface area contributed by atoms with Gasteiger partial charge in [0.15, 0.2) is 0 Å². The maximum atomic E-state index is 13.8. The number of benzene rings is 1. The van der Waals surface area contributed by atoms with Gasteiger partial charge in [0.05, 0.1) is 0 Å². The molecule has 2 nitrogen and oxygen atoms in total. The Morgan fingerprint density at radius 3 is 2.50 bits per heavy atom. The number of hydrogen-bond acceptors (Lipinski definition) is 2. The SMILES string of the molecule is CCCN(CC(C)(C)CN)C(C)c1ccc(C)c(F)c1. The zero-order chi connectivity index (χ0) is 15.3. The second kappa shape index (κ2) is 7.19. The molecule has 0 radical (unpaired) electrons. The molecule has 0 bridgehead atoms. The van der Waals surface area contributed by atoms with Crippen molar-refractivity contribution in [3.8, 4) is 0 Å². The van der Waals surface area contributed by atoms with Crippen molar-refractivity contribution in [3.05, 3.63) is 35.1 Å². The summed E-state index contributed by atoms with van der Waals surface area (Å²) < 4.78 is 13.8. The molecule has 0 saturated carbocycles. The van der Waals surface area contributed by atoms with E-state index in [2.05, 4.69) is 32.6 Å². The van der Waals surface area contributed by atoms with Crippen LogP contribution in [0.4, 0.5) is 4.39 Å². The van der Waals surface area contributed by atoms with Gasteiger partial charge in [-0.2, -0.15) is 0 Å². The third kappa shape index (κ3) is 4.57. The average Bonchev–Trinajstić information content (AvgIpc) is 2.40. The first-order chi connectivity index (χ1) is 9.30. The molecule has 114 valence electrons. The van der Waals surface area contributed by atoms with Crippen LogP contribution in [-0.4, -0.2) is 24.5 Å². The molecule has 0 saturated heterocycles. The summed E-state index contributed by atoms with van der Waals surface area (Å²) in [5.41, 5.74) is 7.66. The van der Waals surface area contributed by atoms with E-state index in [0.717, 1.165) is 25.1 Å². The van der Waals surface area contributed by atoms with Crippen molar-refractivity contribution in [1.82, 2.24) is 4.90 Å². The summed E-state index contributed by atoms with van der Waals surface area (Å²) in [6.45, 7) is 13.1. The average molecular weight is 280 g/mol. The van der Waals surface area contributed by atoms with Gasteiger partial charge in [-0.25, -0.2) is 4.39 Å². The van der Waals surface area contributed by atoms with Gasteiger partial charge in [-0.15, -0.1) is 0 Å². The molecule has 2 N–H and O–H groups in total. The number of halogens is 1. The first kappa shape index (κ1) is 17.1. The van der Waals surface area contributed by atoms with Crippen molar-refractivity contribution in [2.45, 2.75) is 47.1 Å². The standard InChI is InChI=1S/C17H29FN2/c1-6-9-20(12-17(4,5)11-19)14(3)15-8-7-13(2)16(18)10-15/h7-8,10,14H,6,9,11-12,19H2,1-5H3. The monoisotopic (exact) mass is 280 g/mol. The molecule has 0 spiro atoms. The molecule has 0 fully saturated rings. The maximum absolute atomic E-state index is 13.8. The van der Waals surface area contributed by atoms with Crippen LogP contribution in [0.1, 0.15) is 51.3 Å². The Morgan fingerprint density at radius 1 is 1.35 bits per heavy atom. The largest absolute Gasteiger partial charge is 0.330 e. The molecule has 20 heavy (non-hydrogen) atoms. The van der Waals surface area contributed by atoms with Crippen molar-refractivity contribution < 1.29 is 4.39 Å². The molecular formula is C17H29FN2. The molecule has 1 unspecified atom stereocenters. The summed E-state index contributed by atoms with van der Waals surface area (Å²) in [6, 6.07) is 5.76. The Kier molecular flexibility index (Phi) is 6.15. The molecule has 1 atom stereocenters. The van der Waals surface area contributed by atoms with Crippen molar-refractivity contribution in [2.24, 2.45) is 11.1 Å². The molecule has 0 aromatic heterocycles. The van der Waals surface area contributed by atoms with E-state index in [9.17, 15) is 4.39 Å². The molecule has 1 rings (SSSR count). The lowest BCUT2D eigenvalue weighted by Crippen LogP contribution is -2.40. The highest BCUT2D eigenvalue weighted by Crippen LogP contribution is 2.26. The van der Waals surface area contributed by atoms with E-state index in [0.29, 0.717) is 12.1 Å². The van der Waals surface area contributed by atoms with Gasteiger partial charge in [-0.1, -0.05) is 32.9 Å². The maximum Gasteiger partial charge on any atom is 0.126 e. The third-order valence-electron chi connectivity index (χ3n) is 3.92. The van der Waals surface area contributed by atoms with Crippen LogP contribution in [-0.2, 0) is 0 Å². The van der Waals surface area contributed by atoms with E-state index in [1.165, 1.54) is 0 Å². The lowest BCUT2D eigenvalue weighted by atomic mass is 9.91. The van der Waals surface area contributed by atoms with Gasteiger partial charge in [-0.05, 0) is 56.0 Å². The predicted octanol–water partition coefficient (Wildman–Crippen LogP) is 3.89. The first-order valence-electron chi connectivity index (χ1n) is 7.51. The van der Waals surface area contributed by atoms with Crippen LogP contribution in [0.2, 0.25) is 0 Å². The number of nitrogens with two attached hydrogens (primary N) is 1. The van der Waals surface area contributed by atoms with Crippen LogP contribution >= 0.6 is 0 Å². The molecule has 0 aliphatic heterocycles. The van der Waals surface area contributed by atoms with E-state index in [1.54, 1.807) is 13.0 Å². The molecule has 0 amide bonds. The Morgan fingerprint density at radius 2 is 2.00 bits per heavy atom. The highest BCUT2D eigenvalue weighted by molar-refractivity contribution is 5.25. The second-order valence-electron chi connectivity index (χ2n) is 6.52. The molecule has 1 aromatic rings. The topological polar surface area (TPSA) is 29.3 Å². The zero-order valence-corrected chi connectivity index (χ0v) is 13.5. The molecule has 1 aromatic carbocycles. The number of hydrogen-bond donors (Lipinski definition) is 1. The Labute approximate surface area is 123 Å². The van der Waals surface area contributed by atoms with Crippen LogP contribution < -0.4 is 5.73 Å². The van der Waals surface area contributed by atoms with Crippen molar-refractivity contribution in [2.75, 3.05) is 19.6 Å². The lowest BCUT2D eigenvalue weighted by Gasteiger charge is -2.36. The minimum atomic E-state index is -0.121. The first-order valence-corrected chi connectivity index (χ1v) is 7.51. The van der Waals surface area contributed by atoms with Gasteiger partial charge >= 0.3 is 0 Å². The minimum Gasteiger partial charge on any atom is -0.330 e. The summed E-state index contributed by atoms with van der Waals surface area (Å²) >= 11 is 0. The highest BCUT2D eigenvalue weighted by atomic mass is 19.1. The molecule has 0 aliphatic carbocycles. The van der Waals surface area contributed by atoms with Gasteiger partial charge in [0, 0.05) is 12.6 Å². The summed E-state index contributed by atoms with van der Waals surface area (Å²) in [7, 11) is 0. The van der Waals surface area contributed by atoms with Crippen molar-refractivity contribution in [3.63, 3.8) is 0 Å². The van der Waals surface area contributed by atoms with Gasteiger partial charge in [0.25, 0.3) is 0 Å². The fraction of sp³-hybridized carbons (Fsp3) is 0.647. The molecular weight excluding hydrogens is 251 g/mol. The van der Waals surface area contributed by atoms with E-state index in [4.69, 9.17) is 5.73 Å². The number of nitrogens with zero attached hydrogens (tertiary/aromatic N) is 1. The van der Waals surface area contributed by atoms with Crippen LogP contribution in [0.5, 0.6) is 0 Å². The Hall–Kier alpha value is -0.930. The normalized spacial score (nSPS) is 13.8. The Balaban J connectivity index is 2.92. The molecule has 0 aliphatic rings. The molecule has 3 heteroatoms. The van der Waals surface area contributed by atoms with Gasteiger partial charge in [0.2, 0.25) is 0 Å². The van der Waals surface area contributed by atoms with Gasteiger partial charge in [-0.3, -0.25) is 4.90 Å². The van der Waals surface area contributed by atoms with E-state index in [1.807, 2.05) is 12.1 Å². The second-order valence-corrected chi connectivity index (χ2v) is 6.52. The summed E-state index contributed by atoms with van der Waals surface area (Å²) in [5.74, 6) is -0.121. The fourth-order valence-electron chi connectivity index (χ4n) is 2.39. The van der Waals surface area contributed by atoms with E-state index >= 15 is 0 Å². The molecule has 0 heterocycles. The highest BCUT2D eigenvalue weighted by Gasteiger charge is 2.24. The summed E-state index contributed by atoms with van der Waals surface area (Å²) in [4.78, 5) is 2.40. The summed E-state index contributed by atoms with van der Waals surface area (Å²) in [6.07, 6.45) is 1.08. The van der Waals surface area contributed by atoms with Crippen LogP contribution in [0, 0.1) is 18.2 Å². The zero-order valence-electron chi connectivity index (χ0n) is 13.5. The van der Waals surface area contributed by atoms with Crippen LogP contribution in [0.15, 0.2) is 18.2 Å². The lowest BCUT2D eigenvalue weighted by molar-refractivity contribution is 0.140. The van der Waals surface area contributed by atoms with Crippen LogP contribution in [0.3, 0.4) is 0 Å². The van der Waals surface area contributed by atoms with E-state index < -0.39 is 0 Å². The summed E-state index contributed by atoms with van der Waals surface area (Å²) in [5, 5.41) is 0. The number of rotatable bonds is 7. The minimum absolute atomic E-state index is 0.0761. The van der Waals surface area contributed by atoms with Gasteiger partial charge < -0.3 is 5.73 Å². The van der Waals surface area contributed by atoms with E-state index in [-0.39, 0.29) is 17.3 Å². The Bertz CT molecular complexity index is 429.